The fraction of sp³-hybridized carbons (Fsp3) is 0.231. The Morgan fingerprint density at radius 2 is 1.87 bits per heavy atom. The number of nitrogens with zero attached hydrogens (tertiary/aromatic N) is 1. The molecule has 1 aromatic carbocycles. The van der Waals surface area contributed by atoms with Gasteiger partial charge in [-0.2, -0.15) is 22.7 Å². The first-order valence-electron chi connectivity index (χ1n) is 10.4. The van der Waals surface area contributed by atoms with Gasteiger partial charge in [0.1, 0.15) is 12.4 Å². The van der Waals surface area contributed by atoms with Crippen LogP contribution in [-0.4, -0.2) is 18.0 Å². The van der Waals surface area contributed by atoms with Gasteiger partial charge in [-0.25, -0.2) is 0 Å². The molecule has 3 heterocycles. The Morgan fingerprint density at radius 3 is 2.68 bits per heavy atom. The van der Waals surface area contributed by atoms with Gasteiger partial charge in [0.15, 0.2) is 0 Å². The lowest BCUT2D eigenvalue weighted by Crippen LogP contribution is -2.24. The normalized spacial score (nSPS) is 10.8. The molecule has 0 aliphatic carbocycles. The van der Waals surface area contributed by atoms with Gasteiger partial charge in [0.05, 0.1) is 6.54 Å². The molecule has 158 valence electrons. The van der Waals surface area contributed by atoms with Gasteiger partial charge in [-0.1, -0.05) is 30.9 Å². The molecule has 4 rings (SSSR count). The Labute approximate surface area is 196 Å². The van der Waals surface area contributed by atoms with Crippen LogP contribution >= 0.6 is 34.0 Å². The molecular weight excluding hydrogens is 438 g/mol. The van der Waals surface area contributed by atoms with Crippen molar-refractivity contribution in [3.63, 3.8) is 0 Å². The summed E-state index contributed by atoms with van der Waals surface area (Å²) in [5, 5.41) is 10.7. The summed E-state index contributed by atoms with van der Waals surface area (Å²) in [4.78, 5) is 3.63. The second-order valence-electron chi connectivity index (χ2n) is 7.27. The van der Waals surface area contributed by atoms with Crippen molar-refractivity contribution in [1.29, 1.82) is 0 Å². The molecule has 0 unspecified atom stereocenters. The first-order valence-corrected chi connectivity index (χ1v) is 13.1. The van der Waals surface area contributed by atoms with Crippen molar-refractivity contribution in [2.24, 2.45) is 0 Å². The van der Waals surface area contributed by atoms with E-state index in [4.69, 9.17) is 4.74 Å². The summed E-state index contributed by atoms with van der Waals surface area (Å²) in [5.41, 5.74) is 4.92. The van der Waals surface area contributed by atoms with E-state index in [2.05, 4.69) is 87.0 Å². The molecule has 0 aliphatic rings. The van der Waals surface area contributed by atoms with E-state index in [0.717, 1.165) is 37.4 Å². The van der Waals surface area contributed by atoms with Crippen LogP contribution in [-0.2, 0) is 13.2 Å². The van der Waals surface area contributed by atoms with Crippen molar-refractivity contribution >= 4 is 34.0 Å². The zero-order valence-electron chi connectivity index (χ0n) is 17.5. The number of thiophene rings is 3. The number of benzene rings is 1. The van der Waals surface area contributed by atoms with Crippen LogP contribution in [0, 0.1) is 11.8 Å². The van der Waals surface area contributed by atoms with Crippen molar-refractivity contribution in [3.05, 3.63) is 85.4 Å². The monoisotopic (exact) mass is 463 g/mol. The van der Waals surface area contributed by atoms with E-state index in [0.29, 0.717) is 6.61 Å². The molecule has 0 N–H and O–H groups in total. The number of ether oxygens (including phenoxy) is 1. The highest BCUT2D eigenvalue weighted by atomic mass is 32.1. The SMILES string of the molecule is CCCN(CC#Cc1ccsc1)Cc1cccc(OCc2cc(-c3ccsc3)cs2)c1. The van der Waals surface area contributed by atoms with Crippen LogP contribution < -0.4 is 4.74 Å². The first-order chi connectivity index (χ1) is 15.3. The van der Waals surface area contributed by atoms with Crippen LogP contribution in [0.1, 0.15) is 29.3 Å². The largest absolute Gasteiger partial charge is 0.488 e. The van der Waals surface area contributed by atoms with E-state index in [1.54, 1.807) is 34.0 Å². The Morgan fingerprint density at radius 1 is 0.968 bits per heavy atom. The topological polar surface area (TPSA) is 12.5 Å². The summed E-state index contributed by atoms with van der Waals surface area (Å²) < 4.78 is 6.10. The third-order valence-electron chi connectivity index (χ3n) is 4.79. The molecule has 0 bridgehead atoms. The van der Waals surface area contributed by atoms with Gasteiger partial charge >= 0.3 is 0 Å². The molecule has 0 aliphatic heterocycles. The van der Waals surface area contributed by atoms with Gasteiger partial charge in [-0.15, -0.1) is 11.3 Å². The molecule has 3 aromatic heterocycles. The summed E-state index contributed by atoms with van der Waals surface area (Å²) in [6.45, 7) is 5.50. The van der Waals surface area contributed by atoms with Crippen molar-refractivity contribution in [1.82, 2.24) is 4.90 Å². The number of rotatable bonds is 9. The maximum absolute atomic E-state index is 6.10. The quantitative estimate of drug-likeness (QED) is 0.240. The Hall–Kier alpha value is -2.36. The first kappa shape index (κ1) is 21.9. The fourth-order valence-corrected chi connectivity index (χ4v) is 5.36. The minimum absolute atomic E-state index is 0.600. The molecule has 0 saturated heterocycles. The average molecular weight is 464 g/mol. The van der Waals surface area contributed by atoms with E-state index in [-0.39, 0.29) is 0 Å². The van der Waals surface area contributed by atoms with E-state index < -0.39 is 0 Å². The molecule has 0 radical (unpaired) electrons. The third-order valence-corrected chi connectivity index (χ3v) is 7.07. The van der Waals surface area contributed by atoms with Crippen molar-refractivity contribution in [3.8, 4) is 28.7 Å². The molecule has 0 saturated carbocycles. The fourth-order valence-electron chi connectivity index (χ4n) is 3.30. The van der Waals surface area contributed by atoms with Crippen LogP contribution in [0.15, 0.2) is 69.4 Å². The molecule has 2 nitrogen and oxygen atoms in total. The van der Waals surface area contributed by atoms with Crippen LogP contribution in [0.25, 0.3) is 11.1 Å². The molecule has 0 amide bonds. The second kappa shape index (κ2) is 11.3. The van der Waals surface area contributed by atoms with Crippen LogP contribution in [0.2, 0.25) is 0 Å². The summed E-state index contributed by atoms with van der Waals surface area (Å²) in [7, 11) is 0. The van der Waals surface area contributed by atoms with E-state index >= 15 is 0 Å². The predicted molar refractivity (Wildman–Crippen MR) is 135 cm³/mol. The zero-order valence-corrected chi connectivity index (χ0v) is 20.0. The molecular formula is C26H25NOS3. The third kappa shape index (κ3) is 6.56. The van der Waals surface area contributed by atoms with Gasteiger partial charge < -0.3 is 4.74 Å². The van der Waals surface area contributed by atoms with E-state index in [1.807, 2.05) is 6.07 Å². The highest BCUT2D eigenvalue weighted by Gasteiger charge is 2.07. The maximum Gasteiger partial charge on any atom is 0.122 e. The van der Waals surface area contributed by atoms with Gasteiger partial charge in [-0.3, -0.25) is 4.90 Å². The average Bonchev–Trinajstić information content (AvgIpc) is 3.55. The minimum atomic E-state index is 0.600. The maximum atomic E-state index is 6.10. The second-order valence-corrected chi connectivity index (χ2v) is 9.83. The molecule has 31 heavy (non-hydrogen) atoms. The Kier molecular flexibility index (Phi) is 7.98. The number of hydrogen-bond donors (Lipinski definition) is 0. The van der Waals surface area contributed by atoms with Gasteiger partial charge in [-0.05, 0) is 81.5 Å². The van der Waals surface area contributed by atoms with Crippen molar-refractivity contribution in [2.45, 2.75) is 26.5 Å². The summed E-state index contributed by atoms with van der Waals surface area (Å²) >= 11 is 5.17. The van der Waals surface area contributed by atoms with Gasteiger partial charge in [0, 0.05) is 22.4 Å². The number of hydrogen-bond acceptors (Lipinski definition) is 5. The van der Waals surface area contributed by atoms with E-state index in [1.165, 1.54) is 21.6 Å². The van der Waals surface area contributed by atoms with Gasteiger partial charge in [0.2, 0.25) is 0 Å². The highest BCUT2D eigenvalue weighted by Crippen LogP contribution is 2.28. The Balaban J connectivity index is 1.34. The van der Waals surface area contributed by atoms with Crippen molar-refractivity contribution in [2.75, 3.05) is 13.1 Å². The van der Waals surface area contributed by atoms with Crippen LogP contribution in [0.3, 0.4) is 0 Å². The van der Waals surface area contributed by atoms with Crippen LogP contribution in [0.4, 0.5) is 0 Å². The van der Waals surface area contributed by atoms with Crippen molar-refractivity contribution < 1.29 is 4.74 Å². The predicted octanol–water partition coefficient (Wildman–Crippen LogP) is 7.38. The van der Waals surface area contributed by atoms with Gasteiger partial charge in [0.25, 0.3) is 0 Å². The lowest BCUT2D eigenvalue weighted by molar-refractivity contribution is 0.294. The van der Waals surface area contributed by atoms with Crippen LogP contribution in [0.5, 0.6) is 5.75 Å². The summed E-state index contributed by atoms with van der Waals surface area (Å²) in [6.07, 6.45) is 1.11. The molecule has 0 spiro atoms. The standard InChI is InChI=1S/C26H25NOS3/c1-2-10-27(11-4-6-21-8-12-29-18-21)16-22-5-3-7-25(14-22)28-17-26-15-24(20-31-26)23-9-13-30-19-23/h3,5,7-9,12-15,18-20H,2,10-11,16-17H2,1H3. The smallest absolute Gasteiger partial charge is 0.122 e. The summed E-state index contributed by atoms with van der Waals surface area (Å²) in [6, 6.07) is 14.9. The molecule has 0 fully saturated rings. The lowest BCUT2D eigenvalue weighted by Gasteiger charge is -2.19. The summed E-state index contributed by atoms with van der Waals surface area (Å²) in [5.74, 6) is 7.50. The van der Waals surface area contributed by atoms with E-state index in [9.17, 15) is 0 Å². The lowest BCUT2D eigenvalue weighted by atomic mass is 10.2. The zero-order chi connectivity index (χ0) is 21.3. The minimum Gasteiger partial charge on any atom is -0.488 e. The molecule has 0 atom stereocenters. The Bertz CT molecular complexity index is 1120. The molecule has 5 heteroatoms. The highest BCUT2D eigenvalue weighted by molar-refractivity contribution is 7.10. The molecule has 4 aromatic rings.